The Balaban J connectivity index is 2.27. The molecule has 2 aliphatic carbocycles. The maximum atomic E-state index is 11.1. The third kappa shape index (κ3) is 1.18. The molecule has 1 spiro atoms. The Morgan fingerprint density at radius 3 is 2.07 bits per heavy atom. The Bertz CT molecular complexity index is 243. The van der Waals surface area contributed by atoms with E-state index < -0.39 is 11.6 Å². The SMILES string of the molecule is O=C(O)C1(O)CCCC12CCCCC2. The van der Waals surface area contributed by atoms with Gasteiger partial charge in [-0.05, 0) is 32.1 Å². The lowest BCUT2D eigenvalue weighted by molar-refractivity contribution is -0.174. The van der Waals surface area contributed by atoms with Crippen molar-refractivity contribution in [1.82, 2.24) is 0 Å². The van der Waals surface area contributed by atoms with Crippen LogP contribution in [0.3, 0.4) is 0 Å². The second kappa shape index (κ2) is 3.23. The molecular weight excluding hydrogens is 180 g/mol. The predicted octanol–water partition coefficient (Wildman–Crippen LogP) is 1.94. The summed E-state index contributed by atoms with van der Waals surface area (Å²) in [6.45, 7) is 0. The van der Waals surface area contributed by atoms with Gasteiger partial charge < -0.3 is 10.2 Å². The molecule has 0 bridgehead atoms. The lowest BCUT2D eigenvalue weighted by Gasteiger charge is -2.42. The molecule has 3 nitrogen and oxygen atoms in total. The molecule has 0 aromatic heterocycles. The summed E-state index contributed by atoms with van der Waals surface area (Å²) < 4.78 is 0. The molecule has 14 heavy (non-hydrogen) atoms. The zero-order valence-electron chi connectivity index (χ0n) is 8.46. The molecule has 2 aliphatic rings. The summed E-state index contributed by atoms with van der Waals surface area (Å²) in [5, 5.41) is 19.4. The van der Waals surface area contributed by atoms with Crippen molar-refractivity contribution in [3.05, 3.63) is 0 Å². The topological polar surface area (TPSA) is 57.5 Å². The van der Waals surface area contributed by atoms with Gasteiger partial charge in [0.15, 0.2) is 5.60 Å². The summed E-state index contributed by atoms with van der Waals surface area (Å²) >= 11 is 0. The van der Waals surface area contributed by atoms with Crippen LogP contribution in [0.25, 0.3) is 0 Å². The van der Waals surface area contributed by atoms with Gasteiger partial charge >= 0.3 is 5.97 Å². The first-order valence-corrected chi connectivity index (χ1v) is 5.57. The van der Waals surface area contributed by atoms with Gasteiger partial charge in [0.1, 0.15) is 0 Å². The van der Waals surface area contributed by atoms with Crippen LogP contribution in [0.2, 0.25) is 0 Å². The molecule has 0 aromatic carbocycles. The van der Waals surface area contributed by atoms with Crippen molar-refractivity contribution in [1.29, 1.82) is 0 Å². The molecule has 2 N–H and O–H groups in total. The van der Waals surface area contributed by atoms with Crippen LogP contribution in [-0.4, -0.2) is 21.8 Å². The largest absolute Gasteiger partial charge is 0.479 e. The first kappa shape index (κ1) is 9.97. The second-order valence-electron chi connectivity index (χ2n) is 4.86. The number of aliphatic hydroxyl groups is 1. The molecule has 0 amide bonds. The Kier molecular flexibility index (Phi) is 2.30. The Labute approximate surface area is 84.1 Å². The number of hydrogen-bond donors (Lipinski definition) is 2. The lowest BCUT2D eigenvalue weighted by Crippen LogP contribution is -2.51. The highest BCUT2D eigenvalue weighted by atomic mass is 16.4. The van der Waals surface area contributed by atoms with Crippen molar-refractivity contribution >= 4 is 5.97 Å². The van der Waals surface area contributed by atoms with Crippen LogP contribution >= 0.6 is 0 Å². The quantitative estimate of drug-likeness (QED) is 0.677. The Morgan fingerprint density at radius 2 is 1.50 bits per heavy atom. The normalized spacial score (nSPS) is 36.1. The molecular formula is C11H18O3. The molecule has 0 heterocycles. The van der Waals surface area contributed by atoms with Gasteiger partial charge in [-0.15, -0.1) is 0 Å². The van der Waals surface area contributed by atoms with E-state index in [9.17, 15) is 9.90 Å². The summed E-state index contributed by atoms with van der Waals surface area (Å²) in [4.78, 5) is 11.1. The average Bonchev–Trinajstić information content (AvgIpc) is 2.47. The molecule has 2 rings (SSSR count). The van der Waals surface area contributed by atoms with Gasteiger partial charge in [-0.1, -0.05) is 19.3 Å². The Morgan fingerprint density at radius 1 is 0.929 bits per heavy atom. The number of carboxylic acids is 1. The van der Waals surface area contributed by atoms with E-state index in [0.29, 0.717) is 6.42 Å². The zero-order chi connectivity index (χ0) is 10.2. The summed E-state index contributed by atoms with van der Waals surface area (Å²) in [7, 11) is 0. The van der Waals surface area contributed by atoms with Crippen LogP contribution in [0.4, 0.5) is 0 Å². The van der Waals surface area contributed by atoms with E-state index in [-0.39, 0.29) is 5.41 Å². The van der Waals surface area contributed by atoms with Gasteiger partial charge in [0, 0.05) is 5.41 Å². The zero-order valence-corrected chi connectivity index (χ0v) is 8.46. The Hall–Kier alpha value is -0.570. The average molecular weight is 198 g/mol. The van der Waals surface area contributed by atoms with Crippen molar-refractivity contribution < 1.29 is 15.0 Å². The number of carbonyl (C=O) groups is 1. The third-order valence-electron chi connectivity index (χ3n) is 4.24. The third-order valence-corrected chi connectivity index (χ3v) is 4.24. The molecule has 80 valence electrons. The molecule has 1 unspecified atom stereocenters. The number of aliphatic carboxylic acids is 1. The van der Waals surface area contributed by atoms with Crippen LogP contribution in [0.5, 0.6) is 0 Å². The van der Waals surface area contributed by atoms with Gasteiger partial charge in [-0.2, -0.15) is 0 Å². The van der Waals surface area contributed by atoms with E-state index >= 15 is 0 Å². The summed E-state index contributed by atoms with van der Waals surface area (Å²) in [5.41, 5.74) is -1.72. The van der Waals surface area contributed by atoms with E-state index in [1.165, 1.54) is 6.42 Å². The van der Waals surface area contributed by atoms with E-state index in [1.807, 2.05) is 0 Å². The van der Waals surface area contributed by atoms with E-state index in [2.05, 4.69) is 0 Å². The molecule has 3 heteroatoms. The standard InChI is InChI=1S/C11H18O3/c12-9(13)11(14)8-4-7-10(11)5-2-1-3-6-10/h14H,1-8H2,(H,12,13). The highest BCUT2D eigenvalue weighted by molar-refractivity contribution is 5.79. The van der Waals surface area contributed by atoms with Crippen molar-refractivity contribution in [2.45, 2.75) is 57.0 Å². The van der Waals surface area contributed by atoms with Gasteiger partial charge in [-0.25, -0.2) is 4.79 Å². The second-order valence-corrected chi connectivity index (χ2v) is 4.86. The first-order chi connectivity index (χ1) is 6.61. The fourth-order valence-electron chi connectivity index (χ4n) is 3.38. The number of carboxylic acid groups (broad SMARTS) is 1. The van der Waals surface area contributed by atoms with Crippen LogP contribution in [0, 0.1) is 5.41 Å². The molecule has 1 atom stereocenters. The minimum absolute atomic E-state index is 0.295. The van der Waals surface area contributed by atoms with E-state index in [4.69, 9.17) is 5.11 Å². The summed E-state index contributed by atoms with van der Waals surface area (Å²) in [6.07, 6.45) is 7.36. The number of rotatable bonds is 1. The van der Waals surface area contributed by atoms with Crippen LogP contribution in [0.1, 0.15) is 51.4 Å². The summed E-state index contributed by atoms with van der Waals surface area (Å²) in [6, 6.07) is 0. The maximum Gasteiger partial charge on any atom is 0.336 e. The van der Waals surface area contributed by atoms with Gasteiger partial charge in [0.2, 0.25) is 0 Å². The van der Waals surface area contributed by atoms with Crippen LogP contribution in [0.15, 0.2) is 0 Å². The maximum absolute atomic E-state index is 11.1. The van der Waals surface area contributed by atoms with Crippen LogP contribution < -0.4 is 0 Å². The summed E-state index contributed by atoms with van der Waals surface area (Å²) in [5.74, 6) is -1.00. The predicted molar refractivity (Wildman–Crippen MR) is 52.0 cm³/mol. The molecule has 2 fully saturated rings. The fourth-order valence-corrected chi connectivity index (χ4v) is 3.38. The molecule has 0 aliphatic heterocycles. The molecule has 0 saturated heterocycles. The molecule has 0 radical (unpaired) electrons. The van der Waals surface area contributed by atoms with Crippen molar-refractivity contribution in [3.63, 3.8) is 0 Å². The lowest BCUT2D eigenvalue weighted by atomic mass is 9.65. The minimum Gasteiger partial charge on any atom is -0.479 e. The van der Waals surface area contributed by atoms with Gasteiger partial charge in [-0.3, -0.25) is 0 Å². The number of hydrogen-bond acceptors (Lipinski definition) is 2. The highest BCUT2D eigenvalue weighted by Gasteiger charge is 2.58. The molecule has 2 saturated carbocycles. The van der Waals surface area contributed by atoms with Gasteiger partial charge in [0.05, 0.1) is 0 Å². The van der Waals surface area contributed by atoms with Crippen molar-refractivity contribution in [2.24, 2.45) is 5.41 Å². The van der Waals surface area contributed by atoms with Crippen molar-refractivity contribution in [2.75, 3.05) is 0 Å². The first-order valence-electron chi connectivity index (χ1n) is 5.57. The molecule has 0 aromatic rings. The monoisotopic (exact) mass is 198 g/mol. The smallest absolute Gasteiger partial charge is 0.336 e. The van der Waals surface area contributed by atoms with Crippen LogP contribution in [-0.2, 0) is 4.79 Å². The van der Waals surface area contributed by atoms with E-state index in [0.717, 1.165) is 38.5 Å². The minimum atomic E-state index is -1.42. The van der Waals surface area contributed by atoms with Gasteiger partial charge in [0.25, 0.3) is 0 Å². The fraction of sp³-hybridized carbons (Fsp3) is 0.909. The highest BCUT2D eigenvalue weighted by Crippen LogP contribution is 2.55. The van der Waals surface area contributed by atoms with E-state index in [1.54, 1.807) is 0 Å². The van der Waals surface area contributed by atoms with Crippen molar-refractivity contribution in [3.8, 4) is 0 Å².